The fraction of sp³-hybridized carbons (Fsp3) is 0.286. The van der Waals surface area contributed by atoms with Gasteiger partial charge >= 0.3 is 0 Å². The summed E-state index contributed by atoms with van der Waals surface area (Å²) >= 11 is 0. The molecule has 3 heteroatoms. The van der Waals surface area contributed by atoms with E-state index in [1.165, 1.54) is 5.56 Å². The Hall–Kier alpha value is -1.90. The Bertz CT molecular complexity index is 455. The van der Waals surface area contributed by atoms with Crippen LogP contribution in [0.3, 0.4) is 0 Å². The van der Waals surface area contributed by atoms with Crippen LogP contribution in [-0.2, 0) is 13.1 Å². The molecule has 2 aromatic heterocycles. The van der Waals surface area contributed by atoms with Crippen LogP contribution in [0, 0.1) is 0 Å². The minimum absolute atomic E-state index is 1.02. The molecule has 0 atom stereocenters. The maximum absolute atomic E-state index is 4.03. The highest BCUT2D eigenvalue weighted by molar-refractivity contribution is 5.46. The fourth-order valence-electron chi connectivity index (χ4n) is 1.78. The third-order valence-corrected chi connectivity index (χ3v) is 2.67. The fourth-order valence-corrected chi connectivity index (χ4v) is 1.78. The highest BCUT2D eigenvalue weighted by Crippen LogP contribution is 1.98. The smallest absolute Gasteiger partial charge is 0.169 e. The largest absolute Gasteiger partial charge is 0.337 e. The molecule has 0 aliphatic heterocycles. The molecule has 0 radical (unpaired) electrons. The van der Waals surface area contributed by atoms with E-state index in [0.717, 1.165) is 19.5 Å². The predicted octanol–water partition coefficient (Wildman–Crippen LogP) is 2.29. The van der Waals surface area contributed by atoms with Crippen molar-refractivity contribution in [1.29, 1.82) is 0 Å². The van der Waals surface area contributed by atoms with Crippen LogP contribution in [0.15, 0.2) is 49.3 Å². The maximum atomic E-state index is 4.03. The molecule has 0 bridgehead atoms. The summed E-state index contributed by atoms with van der Waals surface area (Å²) in [5, 5.41) is 0. The first-order chi connectivity index (χ1) is 8.38. The highest BCUT2D eigenvalue weighted by atomic mass is 15.0. The number of aromatic nitrogens is 3. The zero-order valence-corrected chi connectivity index (χ0v) is 10.2. The number of pyridine rings is 1. The molecule has 0 saturated heterocycles. The van der Waals surface area contributed by atoms with Crippen LogP contribution in [0.4, 0.5) is 0 Å². The zero-order valence-electron chi connectivity index (χ0n) is 10.2. The van der Waals surface area contributed by atoms with Crippen LogP contribution in [0.1, 0.15) is 18.9 Å². The van der Waals surface area contributed by atoms with Gasteiger partial charge in [0.05, 0.1) is 6.33 Å². The van der Waals surface area contributed by atoms with Crippen molar-refractivity contribution in [3.63, 3.8) is 0 Å². The van der Waals surface area contributed by atoms with Crippen LogP contribution < -0.4 is 4.57 Å². The van der Waals surface area contributed by atoms with Crippen molar-refractivity contribution in [3.05, 3.63) is 54.9 Å². The minimum Gasteiger partial charge on any atom is -0.337 e. The summed E-state index contributed by atoms with van der Waals surface area (Å²) in [5.41, 5.74) is 1.25. The molecule has 2 rings (SSSR count). The van der Waals surface area contributed by atoms with E-state index in [2.05, 4.69) is 50.8 Å². The number of hydrogen-bond acceptors (Lipinski definition) is 1. The molecule has 0 aromatic carbocycles. The molecular weight excluding hydrogens is 210 g/mol. The van der Waals surface area contributed by atoms with Gasteiger partial charge in [-0.1, -0.05) is 12.2 Å². The first-order valence-corrected chi connectivity index (χ1v) is 5.96. The Morgan fingerprint density at radius 3 is 2.82 bits per heavy atom. The van der Waals surface area contributed by atoms with Gasteiger partial charge in [-0.05, 0) is 12.5 Å². The second kappa shape index (κ2) is 5.99. The SMILES string of the molecule is C/C=C/c1cc[n+](CCCn2ccnc2)cc1. The van der Waals surface area contributed by atoms with Gasteiger partial charge in [-0.25, -0.2) is 9.55 Å². The third kappa shape index (κ3) is 3.55. The molecule has 88 valence electrons. The summed E-state index contributed by atoms with van der Waals surface area (Å²) < 4.78 is 4.32. The van der Waals surface area contributed by atoms with E-state index >= 15 is 0 Å². The van der Waals surface area contributed by atoms with Gasteiger partial charge in [0.1, 0.15) is 6.54 Å². The van der Waals surface area contributed by atoms with E-state index in [1.54, 1.807) is 0 Å². The Morgan fingerprint density at radius 1 is 1.35 bits per heavy atom. The van der Waals surface area contributed by atoms with E-state index in [1.807, 2.05) is 25.6 Å². The van der Waals surface area contributed by atoms with Gasteiger partial charge in [0.2, 0.25) is 0 Å². The normalized spacial score (nSPS) is 11.1. The van der Waals surface area contributed by atoms with Crippen molar-refractivity contribution in [3.8, 4) is 0 Å². The summed E-state index contributed by atoms with van der Waals surface area (Å²) in [7, 11) is 0. The van der Waals surface area contributed by atoms with Crippen molar-refractivity contribution < 1.29 is 4.57 Å². The number of allylic oxidation sites excluding steroid dienone is 1. The maximum Gasteiger partial charge on any atom is 0.169 e. The zero-order chi connectivity index (χ0) is 11.9. The molecule has 0 fully saturated rings. The topological polar surface area (TPSA) is 21.7 Å². The Balaban J connectivity index is 1.83. The monoisotopic (exact) mass is 228 g/mol. The molecule has 17 heavy (non-hydrogen) atoms. The standard InChI is InChI=1S/C14H18N3/c1-2-4-14-5-10-16(11-6-14)8-3-9-17-12-7-15-13-17/h2,4-7,10-13H,3,8-9H2,1H3/q+1/b4-2+. The van der Waals surface area contributed by atoms with Crippen LogP contribution in [-0.4, -0.2) is 9.55 Å². The number of rotatable bonds is 5. The molecule has 0 amide bonds. The van der Waals surface area contributed by atoms with Crippen molar-refractivity contribution in [2.45, 2.75) is 26.4 Å². The number of imidazole rings is 1. The highest BCUT2D eigenvalue weighted by Gasteiger charge is 1.99. The van der Waals surface area contributed by atoms with Crippen LogP contribution in [0.5, 0.6) is 0 Å². The lowest BCUT2D eigenvalue weighted by Gasteiger charge is -2.00. The molecule has 0 aliphatic carbocycles. The molecule has 0 aliphatic rings. The predicted molar refractivity (Wildman–Crippen MR) is 68.2 cm³/mol. The third-order valence-electron chi connectivity index (χ3n) is 2.67. The Morgan fingerprint density at radius 2 is 2.18 bits per heavy atom. The molecule has 0 spiro atoms. The molecule has 2 aromatic rings. The summed E-state index contributed by atoms with van der Waals surface area (Å²) in [4.78, 5) is 4.03. The summed E-state index contributed by atoms with van der Waals surface area (Å²) in [6.45, 7) is 4.09. The van der Waals surface area contributed by atoms with E-state index in [4.69, 9.17) is 0 Å². The molecule has 3 nitrogen and oxygen atoms in total. The van der Waals surface area contributed by atoms with Crippen molar-refractivity contribution >= 4 is 6.08 Å². The second-order valence-corrected chi connectivity index (χ2v) is 4.02. The van der Waals surface area contributed by atoms with Gasteiger partial charge in [0.15, 0.2) is 12.4 Å². The van der Waals surface area contributed by atoms with Gasteiger partial charge in [0, 0.05) is 37.5 Å². The molecule has 0 N–H and O–H groups in total. The first kappa shape index (κ1) is 11.6. The number of aryl methyl sites for hydroxylation is 2. The quantitative estimate of drug-likeness (QED) is 0.720. The lowest BCUT2D eigenvalue weighted by Crippen LogP contribution is -2.33. The van der Waals surface area contributed by atoms with Gasteiger partial charge in [-0.15, -0.1) is 0 Å². The van der Waals surface area contributed by atoms with E-state index in [-0.39, 0.29) is 0 Å². The van der Waals surface area contributed by atoms with E-state index < -0.39 is 0 Å². The first-order valence-electron chi connectivity index (χ1n) is 5.96. The lowest BCUT2D eigenvalue weighted by molar-refractivity contribution is -0.697. The number of hydrogen-bond donors (Lipinski definition) is 0. The van der Waals surface area contributed by atoms with Crippen LogP contribution in [0.25, 0.3) is 6.08 Å². The van der Waals surface area contributed by atoms with Crippen molar-refractivity contribution in [2.75, 3.05) is 0 Å². The van der Waals surface area contributed by atoms with E-state index in [9.17, 15) is 0 Å². The molecule has 2 heterocycles. The average molecular weight is 228 g/mol. The lowest BCUT2D eigenvalue weighted by atomic mass is 10.2. The molecule has 0 unspecified atom stereocenters. The van der Waals surface area contributed by atoms with E-state index in [0.29, 0.717) is 0 Å². The van der Waals surface area contributed by atoms with Crippen LogP contribution in [0.2, 0.25) is 0 Å². The summed E-state index contributed by atoms with van der Waals surface area (Å²) in [5.74, 6) is 0. The average Bonchev–Trinajstić information content (AvgIpc) is 2.85. The molecule has 0 saturated carbocycles. The van der Waals surface area contributed by atoms with Gasteiger partial charge in [0.25, 0.3) is 0 Å². The second-order valence-electron chi connectivity index (χ2n) is 4.02. The van der Waals surface area contributed by atoms with Crippen molar-refractivity contribution in [2.24, 2.45) is 0 Å². The molecular formula is C14H18N3+. The van der Waals surface area contributed by atoms with Gasteiger partial charge in [-0.3, -0.25) is 0 Å². The number of nitrogens with zero attached hydrogens (tertiary/aromatic N) is 3. The summed E-state index contributed by atoms with van der Waals surface area (Å²) in [6.07, 6.45) is 15.2. The Kier molecular flexibility index (Phi) is 4.08. The summed E-state index contributed by atoms with van der Waals surface area (Å²) in [6, 6.07) is 4.27. The minimum atomic E-state index is 1.02. The van der Waals surface area contributed by atoms with Crippen LogP contribution >= 0.6 is 0 Å². The Labute approximate surface area is 102 Å². The van der Waals surface area contributed by atoms with Gasteiger partial charge < -0.3 is 4.57 Å². The van der Waals surface area contributed by atoms with Crippen molar-refractivity contribution in [1.82, 2.24) is 9.55 Å². The van der Waals surface area contributed by atoms with Gasteiger partial charge in [-0.2, -0.15) is 0 Å².